The highest BCUT2D eigenvalue weighted by atomic mass is 19.3. The van der Waals surface area contributed by atoms with Gasteiger partial charge in [0.15, 0.2) is 11.5 Å². The van der Waals surface area contributed by atoms with Crippen molar-refractivity contribution in [1.82, 2.24) is 29.9 Å². The first-order valence-corrected chi connectivity index (χ1v) is 11.2. The summed E-state index contributed by atoms with van der Waals surface area (Å²) in [4.78, 5) is 12.7. The molecular weight excluding hydrogens is 435 g/mol. The van der Waals surface area contributed by atoms with Crippen LogP contribution in [0.5, 0.6) is 5.75 Å². The number of halogens is 3. The molecule has 11 heteroatoms. The number of hydrogen-bond acceptors (Lipinski definition) is 7. The van der Waals surface area contributed by atoms with Crippen LogP contribution in [0.15, 0.2) is 18.5 Å². The number of nitrogens with one attached hydrogen (secondary N) is 2. The van der Waals surface area contributed by atoms with Crippen molar-refractivity contribution < 1.29 is 17.9 Å². The fourth-order valence-electron chi connectivity index (χ4n) is 4.15. The van der Waals surface area contributed by atoms with Gasteiger partial charge in [-0.05, 0) is 19.4 Å². The summed E-state index contributed by atoms with van der Waals surface area (Å²) in [6, 6.07) is 1.78. The smallest absolute Gasteiger partial charge is 0.249 e. The van der Waals surface area contributed by atoms with Crippen molar-refractivity contribution in [3.8, 4) is 17.1 Å². The second-order valence-corrected chi connectivity index (χ2v) is 8.05. The second kappa shape index (κ2) is 9.50. The molecule has 1 atom stereocenters. The van der Waals surface area contributed by atoms with Gasteiger partial charge in [-0.3, -0.25) is 0 Å². The Morgan fingerprint density at radius 2 is 2.00 bits per heavy atom. The molecule has 1 unspecified atom stereocenters. The molecule has 1 aliphatic carbocycles. The maximum atomic E-state index is 14.7. The number of aromatic nitrogens is 5. The Labute approximate surface area is 190 Å². The summed E-state index contributed by atoms with van der Waals surface area (Å²) in [5.41, 5.74) is 1.16. The van der Waals surface area contributed by atoms with Gasteiger partial charge in [0.25, 0.3) is 0 Å². The monoisotopic (exact) mass is 463 g/mol. The molecule has 0 aromatic carbocycles. The molecule has 0 spiro atoms. The number of imidazole rings is 1. The van der Waals surface area contributed by atoms with E-state index in [-0.39, 0.29) is 24.6 Å². The summed E-state index contributed by atoms with van der Waals surface area (Å²) in [7, 11) is 1.46. The highest BCUT2D eigenvalue weighted by Gasteiger charge is 2.48. The molecule has 8 nitrogen and oxygen atoms in total. The number of ether oxygens (including phenoxy) is 1. The zero-order chi connectivity index (χ0) is 23.6. The van der Waals surface area contributed by atoms with Crippen LogP contribution in [0.2, 0.25) is 0 Å². The van der Waals surface area contributed by atoms with E-state index < -0.39 is 17.7 Å². The van der Waals surface area contributed by atoms with Crippen molar-refractivity contribution in [3.63, 3.8) is 0 Å². The van der Waals surface area contributed by atoms with Gasteiger partial charge in [0, 0.05) is 37.4 Å². The van der Waals surface area contributed by atoms with Gasteiger partial charge in [0.2, 0.25) is 11.9 Å². The predicted octanol–water partition coefficient (Wildman–Crippen LogP) is 4.04. The minimum absolute atomic E-state index is 0.0383. The van der Waals surface area contributed by atoms with Crippen molar-refractivity contribution in [2.75, 3.05) is 25.5 Å². The van der Waals surface area contributed by atoms with Crippen LogP contribution in [0.3, 0.4) is 0 Å². The predicted molar refractivity (Wildman–Crippen MR) is 118 cm³/mol. The molecule has 4 heterocycles. The van der Waals surface area contributed by atoms with Gasteiger partial charge >= 0.3 is 0 Å². The van der Waals surface area contributed by atoms with Gasteiger partial charge in [-0.1, -0.05) is 13.8 Å². The quantitative estimate of drug-likeness (QED) is 0.590. The maximum absolute atomic E-state index is 14.7. The van der Waals surface area contributed by atoms with Gasteiger partial charge in [0.1, 0.15) is 22.8 Å². The first-order valence-electron chi connectivity index (χ1n) is 11.2. The molecule has 0 amide bonds. The van der Waals surface area contributed by atoms with Crippen molar-refractivity contribution in [3.05, 3.63) is 30.0 Å². The van der Waals surface area contributed by atoms with Crippen LogP contribution in [0.1, 0.15) is 51.1 Å². The van der Waals surface area contributed by atoms with Crippen molar-refractivity contribution in [2.24, 2.45) is 0 Å². The third-order valence-corrected chi connectivity index (χ3v) is 5.80. The lowest BCUT2D eigenvalue weighted by Crippen LogP contribution is -2.38. The minimum atomic E-state index is -2.70. The first kappa shape index (κ1) is 23.2. The van der Waals surface area contributed by atoms with Crippen molar-refractivity contribution in [2.45, 2.75) is 57.4 Å². The molecule has 0 bridgehead atoms. The number of methoxy groups -OCH3 is 1. The molecule has 3 aromatic heterocycles. The molecule has 5 rings (SSSR count). The lowest BCUT2D eigenvalue weighted by atomic mass is 9.79. The minimum Gasteiger partial charge on any atom is -0.495 e. The van der Waals surface area contributed by atoms with E-state index in [0.717, 1.165) is 32.1 Å². The molecular formula is C22H28F3N7O. The Kier molecular flexibility index (Phi) is 6.68. The zero-order valence-corrected chi connectivity index (χ0v) is 18.9. The molecule has 2 fully saturated rings. The number of piperidine rings is 1. The second-order valence-electron chi connectivity index (χ2n) is 8.05. The summed E-state index contributed by atoms with van der Waals surface area (Å²) in [6.45, 7) is 5.75. The molecule has 33 heavy (non-hydrogen) atoms. The summed E-state index contributed by atoms with van der Waals surface area (Å²) in [5.74, 6) is -3.05. The van der Waals surface area contributed by atoms with Crippen LogP contribution >= 0.6 is 0 Å². The molecule has 0 radical (unpaired) electrons. The van der Waals surface area contributed by atoms with E-state index in [1.807, 2.05) is 13.8 Å². The highest BCUT2D eigenvalue weighted by Crippen LogP contribution is 2.49. The van der Waals surface area contributed by atoms with Crippen LogP contribution in [-0.4, -0.2) is 56.7 Å². The molecule has 178 valence electrons. The van der Waals surface area contributed by atoms with Crippen molar-refractivity contribution >= 4 is 11.6 Å². The third-order valence-electron chi connectivity index (χ3n) is 5.80. The Morgan fingerprint density at radius 1 is 1.21 bits per heavy atom. The Balaban J connectivity index is 0.00000126. The lowest BCUT2D eigenvalue weighted by molar-refractivity contribution is -0.0881. The molecule has 1 aliphatic heterocycles. The van der Waals surface area contributed by atoms with E-state index in [9.17, 15) is 13.2 Å². The molecule has 2 aliphatic rings. The SMILES string of the molecule is CC.COc1cc2ncc(-c3nc(NC4CCCNC4)ncc3F)n2nc1C1CC(F)(F)C1. The topological polar surface area (TPSA) is 89.3 Å². The molecule has 1 saturated heterocycles. The van der Waals surface area contributed by atoms with E-state index in [1.54, 1.807) is 6.07 Å². The number of nitrogens with zero attached hydrogens (tertiary/aromatic N) is 5. The number of fused-ring (bicyclic) bond motifs is 1. The van der Waals surface area contributed by atoms with Crippen LogP contribution in [-0.2, 0) is 0 Å². The number of rotatable bonds is 5. The van der Waals surface area contributed by atoms with Gasteiger partial charge in [-0.2, -0.15) is 5.10 Å². The number of hydrogen-bond donors (Lipinski definition) is 2. The van der Waals surface area contributed by atoms with E-state index in [4.69, 9.17) is 4.74 Å². The van der Waals surface area contributed by atoms with E-state index >= 15 is 0 Å². The Morgan fingerprint density at radius 3 is 2.67 bits per heavy atom. The van der Waals surface area contributed by atoms with Crippen LogP contribution in [0, 0.1) is 5.82 Å². The maximum Gasteiger partial charge on any atom is 0.249 e. The number of anilines is 1. The third kappa shape index (κ3) is 4.73. The van der Waals surface area contributed by atoms with E-state index in [0.29, 0.717) is 28.7 Å². The van der Waals surface area contributed by atoms with Gasteiger partial charge in [-0.15, -0.1) is 0 Å². The highest BCUT2D eigenvalue weighted by molar-refractivity contribution is 5.62. The van der Waals surface area contributed by atoms with Crippen LogP contribution < -0.4 is 15.4 Å². The summed E-state index contributed by atoms with van der Waals surface area (Å²) < 4.78 is 48.3. The lowest BCUT2D eigenvalue weighted by Gasteiger charge is -2.34. The normalized spacial score (nSPS) is 20.0. The van der Waals surface area contributed by atoms with Crippen LogP contribution in [0.4, 0.5) is 19.1 Å². The summed E-state index contributed by atoms with van der Waals surface area (Å²) in [5, 5.41) is 11.0. The average Bonchev–Trinajstić information content (AvgIpc) is 3.22. The summed E-state index contributed by atoms with van der Waals surface area (Å²) in [6.07, 6.45) is 3.98. The number of alkyl halides is 2. The zero-order valence-electron chi connectivity index (χ0n) is 18.9. The van der Waals surface area contributed by atoms with Crippen molar-refractivity contribution in [1.29, 1.82) is 0 Å². The standard InChI is InChI=1S/C20H22F3N7O.C2H6/c1-31-15-5-16-25-10-14(30(16)29-17(15)11-6-20(22,23)7-11)18-13(21)9-26-19(28-18)27-12-3-2-4-24-8-12;1-2/h5,9-12,24H,2-4,6-8H2,1H3,(H,26,27,28);1-2H3. The van der Waals surface area contributed by atoms with E-state index in [1.165, 1.54) is 17.8 Å². The largest absolute Gasteiger partial charge is 0.495 e. The van der Waals surface area contributed by atoms with Gasteiger partial charge in [0.05, 0.1) is 19.5 Å². The van der Waals surface area contributed by atoms with E-state index in [2.05, 4.69) is 30.7 Å². The Hall–Kier alpha value is -2.95. The fourth-order valence-corrected chi connectivity index (χ4v) is 4.15. The fraction of sp³-hybridized carbons (Fsp3) is 0.545. The molecule has 1 saturated carbocycles. The van der Waals surface area contributed by atoms with Crippen LogP contribution in [0.25, 0.3) is 17.0 Å². The van der Waals surface area contributed by atoms with Gasteiger partial charge in [-0.25, -0.2) is 32.6 Å². The average molecular weight is 464 g/mol. The van der Waals surface area contributed by atoms with Gasteiger partial charge < -0.3 is 15.4 Å². The molecule has 3 aromatic rings. The first-order chi connectivity index (χ1) is 15.9. The molecule has 2 N–H and O–H groups in total. The Bertz CT molecular complexity index is 1110. The summed E-state index contributed by atoms with van der Waals surface area (Å²) >= 11 is 0.